The van der Waals surface area contributed by atoms with Crippen molar-refractivity contribution in [1.29, 1.82) is 0 Å². The molecule has 3 heteroatoms. The number of ether oxygens (including phenoxy) is 1. The fourth-order valence-corrected chi connectivity index (χ4v) is 14.4. The predicted molar refractivity (Wildman–Crippen MR) is 212 cm³/mol. The second-order valence-electron chi connectivity index (χ2n) is 20.6. The van der Waals surface area contributed by atoms with Crippen LogP contribution in [0.15, 0.2) is 36.7 Å². The Hall–Kier alpha value is -1.64. The minimum atomic E-state index is -0.128. The van der Waals surface area contributed by atoms with E-state index in [1.54, 1.807) is 0 Å². The maximum absolute atomic E-state index is 13.8. The monoisotopic (exact) mass is 701 g/mol. The first-order chi connectivity index (χ1) is 24.2. The van der Waals surface area contributed by atoms with E-state index in [1.807, 2.05) is 18.3 Å². The highest BCUT2D eigenvalue weighted by molar-refractivity contribution is 5.88. The Bertz CT molecular complexity index is 1380. The lowest BCUT2D eigenvalue weighted by Crippen LogP contribution is -2.66. The molecule has 286 valence electrons. The number of fused-ring (bicyclic) bond motifs is 7. The summed E-state index contributed by atoms with van der Waals surface area (Å²) in [7, 11) is 0. The van der Waals surface area contributed by atoms with Gasteiger partial charge >= 0.3 is 5.97 Å². The molecule has 6 rings (SSSR count). The van der Waals surface area contributed by atoms with Crippen LogP contribution in [0.1, 0.15) is 194 Å². The summed E-state index contributed by atoms with van der Waals surface area (Å²) in [4.78, 5) is 13.8. The van der Waals surface area contributed by atoms with Crippen LogP contribution in [0.4, 0.5) is 0 Å². The summed E-state index contributed by atoms with van der Waals surface area (Å²) in [6.45, 7) is 25.8. The first kappa shape index (κ1) is 39.1. The molecule has 0 aromatic carbocycles. The quantitative estimate of drug-likeness (QED) is 0.0837. The minimum absolute atomic E-state index is 0.0276. The molecule has 1 aromatic rings. The summed E-state index contributed by atoms with van der Waals surface area (Å²) < 4.78 is 8.76. The molecule has 0 bridgehead atoms. The average molecular weight is 701 g/mol. The highest BCUT2D eigenvalue weighted by Crippen LogP contribution is 2.77. The van der Waals surface area contributed by atoms with E-state index in [0.29, 0.717) is 33.1 Å². The number of hydrogen-bond acceptors (Lipinski definition) is 2. The normalized spacial score (nSPS) is 39.7. The van der Waals surface area contributed by atoms with Crippen LogP contribution >= 0.6 is 0 Å². The SMILES string of the molecule is C=C(C)[C@@H]1CC[C@]2(C)CC[C@]3(C)[C@@H](CC[C@@H]4[C@@]5(C)CC[C@H](OC(=O)c6ccc[n+](CCCCCCCCCCCC)c6)C(C)(C)[C@@H]5CC[C@]43C)[C@H]12. The van der Waals surface area contributed by atoms with Gasteiger partial charge < -0.3 is 4.74 Å². The Kier molecular flexibility index (Phi) is 11.7. The van der Waals surface area contributed by atoms with E-state index in [4.69, 9.17) is 4.74 Å². The van der Waals surface area contributed by atoms with E-state index >= 15 is 0 Å². The first-order valence-corrected chi connectivity index (χ1v) is 22.1. The van der Waals surface area contributed by atoms with E-state index in [9.17, 15) is 4.79 Å². The molecule has 0 saturated heterocycles. The van der Waals surface area contributed by atoms with Gasteiger partial charge in [0.2, 0.25) is 0 Å². The summed E-state index contributed by atoms with van der Waals surface area (Å²) in [5.41, 5.74) is 3.69. The van der Waals surface area contributed by atoms with Crippen LogP contribution in [0.25, 0.3) is 0 Å². The van der Waals surface area contributed by atoms with Gasteiger partial charge in [-0.2, -0.15) is 0 Å². The minimum Gasteiger partial charge on any atom is -0.458 e. The van der Waals surface area contributed by atoms with Crippen LogP contribution in [-0.4, -0.2) is 12.1 Å². The zero-order valence-corrected chi connectivity index (χ0v) is 34.6. The summed E-state index contributed by atoms with van der Waals surface area (Å²) in [6, 6.07) is 3.99. The predicted octanol–water partition coefficient (Wildman–Crippen LogP) is 13.1. The molecule has 0 amide bonds. The molecule has 3 nitrogen and oxygen atoms in total. The maximum Gasteiger partial charge on any atom is 0.344 e. The molecule has 5 fully saturated rings. The molecule has 5 saturated carbocycles. The molecule has 0 aliphatic heterocycles. The largest absolute Gasteiger partial charge is 0.458 e. The molecule has 5 aliphatic carbocycles. The zero-order valence-electron chi connectivity index (χ0n) is 34.6. The molecule has 51 heavy (non-hydrogen) atoms. The smallest absolute Gasteiger partial charge is 0.344 e. The zero-order chi connectivity index (χ0) is 36.7. The number of hydrogen-bond donors (Lipinski definition) is 0. The Morgan fingerprint density at radius 3 is 2.16 bits per heavy atom. The molecule has 5 aliphatic rings. The van der Waals surface area contributed by atoms with Crippen LogP contribution in [0.2, 0.25) is 0 Å². The van der Waals surface area contributed by atoms with Gasteiger partial charge in [-0.1, -0.05) is 112 Å². The lowest BCUT2D eigenvalue weighted by molar-refractivity contribution is -0.697. The second-order valence-corrected chi connectivity index (χ2v) is 20.6. The van der Waals surface area contributed by atoms with Gasteiger partial charge in [0.25, 0.3) is 0 Å². The molecule has 10 atom stereocenters. The van der Waals surface area contributed by atoms with E-state index in [2.05, 4.69) is 72.7 Å². The van der Waals surface area contributed by atoms with Crippen LogP contribution < -0.4 is 4.57 Å². The van der Waals surface area contributed by atoms with Gasteiger partial charge in [0, 0.05) is 17.9 Å². The number of pyridine rings is 1. The number of carbonyl (C=O) groups excluding carboxylic acids is 1. The summed E-state index contributed by atoms with van der Waals surface area (Å²) in [5.74, 6) is 3.55. The van der Waals surface area contributed by atoms with Crippen molar-refractivity contribution in [2.24, 2.45) is 56.7 Å². The highest BCUT2D eigenvalue weighted by Gasteiger charge is 2.70. The average Bonchev–Trinajstić information content (AvgIpc) is 3.45. The molecule has 0 unspecified atom stereocenters. The third kappa shape index (κ3) is 7.06. The fourth-order valence-electron chi connectivity index (χ4n) is 14.4. The van der Waals surface area contributed by atoms with Crippen molar-refractivity contribution in [3.63, 3.8) is 0 Å². The maximum atomic E-state index is 13.8. The number of carbonyl (C=O) groups is 1. The van der Waals surface area contributed by atoms with Crippen molar-refractivity contribution in [1.82, 2.24) is 0 Å². The number of rotatable bonds is 14. The molecule has 0 spiro atoms. The van der Waals surface area contributed by atoms with Crippen LogP contribution in [0, 0.1) is 56.7 Å². The second kappa shape index (κ2) is 15.2. The summed E-state index contributed by atoms with van der Waals surface area (Å²) in [6.07, 6.45) is 30.7. The van der Waals surface area contributed by atoms with Gasteiger partial charge in [-0.05, 0) is 135 Å². The van der Waals surface area contributed by atoms with Crippen LogP contribution in [-0.2, 0) is 11.3 Å². The molecule has 0 radical (unpaired) electrons. The lowest BCUT2D eigenvalue weighted by atomic mass is 9.32. The number of nitrogens with zero attached hydrogens (tertiary/aromatic N) is 1. The van der Waals surface area contributed by atoms with Crippen LogP contribution in [0.5, 0.6) is 0 Å². The van der Waals surface area contributed by atoms with Crippen molar-refractivity contribution < 1.29 is 14.1 Å². The number of aromatic nitrogens is 1. The van der Waals surface area contributed by atoms with Crippen molar-refractivity contribution in [3.05, 3.63) is 42.2 Å². The Morgan fingerprint density at radius 2 is 1.47 bits per heavy atom. The Balaban J connectivity index is 1.07. The topological polar surface area (TPSA) is 30.2 Å². The van der Waals surface area contributed by atoms with Gasteiger partial charge in [-0.15, -0.1) is 0 Å². The molecule has 1 aromatic heterocycles. The van der Waals surface area contributed by atoms with E-state index in [-0.39, 0.29) is 17.5 Å². The Morgan fingerprint density at radius 1 is 0.784 bits per heavy atom. The van der Waals surface area contributed by atoms with Gasteiger partial charge in [0.15, 0.2) is 12.4 Å². The molecule has 1 heterocycles. The number of aryl methyl sites for hydroxylation is 1. The number of esters is 1. The molecular formula is C48H78NO2+. The van der Waals surface area contributed by atoms with E-state index < -0.39 is 0 Å². The van der Waals surface area contributed by atoms with Gasteiger partial charge in [0.05, 0.1) is 0 Å². The van der Waals surface area contributed by atoms with Crippen molar-refractivity contribution in [3.8, 4) is 0 Å². The van der Waals surface area contributed by atoms with E-state index in [1.165, 1.54) is 128 Å². The van der Waals surface area contributed by atoms with Crippen molar-refractivity contribution in [2.45, 2.75) is 196 Å². The molecular weight excluding hydrogens is 623 g/mol. The van der Waals surface area contributed by atoms with Crippen molar-refractivity contribution >= 4 is 5.97 Å². The number of allylic oxidation sites excluding steroid dienone is 1. The van der Waals surface area contributed by atoms with Gasteiger partial charge in [-0.3, -0.25) is 0 Å². The highest BCUT2D eigenvalue weighted by atomic mass is 16.5. The Labute approximate surface area is 314 Å². The third-order valence-corrected chi connectivity index (χ3v) is 17.5. The summed E-state index contributed by atoms with van der Waals surface area (Å²) >= 11 is 0. The standard InChI is InChI=1S/C48H78NO2/c1-10-11-12-13-14-15-16-17-18-19-32-49-33-20-21-36(34-49)43(50)51-41-26-28-46(7)39(44(41,4)5)25-29-48(9)40(46)23-22-38-42-37(35(2)3)24-27-45(42,6)30-31-47(38,48)8/h20-21,33-34,37-42H,2,10-19,22-32H2,1,3-9H3/q+1/t37-,38-,39-,40+,41-,42-,45+,46-,47+,48+/m0/s1. The fraction of sp³-hybridized carbons (Fsp3) is 0.833. The van der Waals surface area contributed by atoms with Crippen molar-refractivity contribution in [2.75, 3.05) is 0 Å². The lowest BCUT2D eigenvalue weighted by Gasteiger charge is -2.73. The van der Waals surface area contributed by atoms with Crippen LogP contribution in [0.3, 0.4) is 0 Å². The van der Waals surface area contributed by atoms with Gasteiger partial charge in [-0.25, -0.2) is 9.36 Å². The van der Waals surface area contributed by atoms with E-state index in [0.717, 1.165) is 36.6 Å². The molecule has 0 N–H and O–H groups in total. The summed E-state index contributed by atoms with van der Waals surface area (Å²) in [5, 5.41) is 0. The first-order valence-electron chi connectivity index (χ1n) is 22.1. The number of unbranched alkanes of at least 4 members (excludes halogenated alkanes) is 9. The van der Waals surface area contributed by atoms with Gasteiger partial charge in [0.1, 0.15) is 18.2 Å². The third-order valence-electron chi connectivity index (χ3n) is 17.5.